The standard InChI is InChI=1S/C15H21N5/c1-3-14(16-2)12-4-6-13(7-5-12)19-8-9-20-11-17-18-15(20)10-19/h4-7,11,14,16H,3,8-10H2,1-2H3. The molecule has 20 heavy (non-hydrogen) atoms. The molecule has 0 bridgehead atoms. The molecule has 1 unspecified atom stereocenters. The monoisotopic (exact) mass is 271 g/mol. The molecular weight excluding hydrogens is 250 g/mol. The molecule has 5 nitrogen and oxygen atoms in total. The minimum atomic E-state index is 0.438. The predicted molar refractivity (Wildman–Crippen MR) is 79.6 cm³/mol. The zero-order chi connectivity index (χ0) is 13.9. The third-order valence-corrected chi connectivity index (χ3v) is 4.06. The third-order valence-electron chi connectivity index (χ3n) is 4.06. The number of hydrogen-bond acceptors (Lipinski definition) is 4. The molecule has 0 aliphatic carbocycles. The van der Waals surface area contributed by atoms with Crippen LogP contribution < -0.4 is 10.2 Å². The molecule has 0 radical (unpaired) electrons. The Balaban J connectivity index is 1.75. The molecule has 1 aliphatic heterocycles. The van der Waals surface area contributed by atoms with Gasteiger partial charge in [0.15, 0.2) is 5.82 Å². The first kappa shape index (κ1) is 13.1. The zero-order valence-electron chi connectivity index (χ0n) is 12.1. The highest BCUT2D eigenvalue weighted by Crippen LogP contribution is 2.23. The van der Waals surface area contributed by atoms with Crippen molar-refractivity contribution < 1.29 is 0 Å². The van der Waals surface area contributed by atoms with Crippen molar-refractivity contribution in [3.63, 3.8) is 0 Å². The van der Waals surface area contributed by atoms with Crippen LogP contribution in [0.25, 0.3) is 0 Å². The smallest absolute Gasteiger partial charge is 0.152 e. The van der Waals surface area contributed by atoms with Gasteiger partial charge in [-0.15, -0.1) is 10.2 Å². The highest BCUT2D eigenvalue weighted by Gasteiger charge is 2.17. The van der Waals surface area contributed by atoms with E-state index in [0.717, 1.165) is 31.9 Å². The fourth-order valence-electron chi connectivity index (χ4n) is 2.81. The molecule has 0 fully saturated rings. The van der Waals surface area contributed by atoms with Gasteiger partial charge in [-0.25, -0.2) is 0 Å². The molecule has 1 atom stereocenters. The molecule has 0 saturated heterocycles. The Morgan fingerprint density at radius 1 is 1.25 bits per heavy atom. The van der Waals surface area contributed by atoms with Crippen molar-refractivity contribution in [2.75, 3.05) is 18.5 Å². The summed E-state index contributed by atoms with van der Waals surface area (Å²) in [6.07, 6.45) is 2.91. The molecule has 1 aromatic carbocycles. The van der Waals surface area contributed by atoms with Gasteiger partial charge in [-0.3, -0.25) is 0 Å². The topological polar surface area (TPSA) is 46.0 Å². The minimum Gasteiger partial charge on any atom is -0.362 e. The Kier molecular flexibility index (Phi) is 3.69. The Morgan fingerprint density at radius 3 is 2.75 bits per heavy atom. The second-order valence-corrected chi connectivity index (χ2v) is 5.20. The van der Waals surface area contributed by atoms with Crippen LogP contribution in [0, 0.1) is 0 Å². The van der Waals surface area contributed by atoms with Crippen molar-refractivity contribution in [2.24, 2.45) is 0 Å². The second-order valence-electron chi connectivity index (χ2n) is 5.20. The summed E-state index contributed by atoms with van der Waals surface area (Å²) in [4.78, 5) is 2.36. The number of anilines is 1. The van der Waals surface area contributed by atoms with Crippen LogP contribution in [0.1, 0.15) is 30.8 Å². The van der Waals surface area contributed by atoms with Crippen molar-refractivity contribution in [3.8, 4) is 0 Å². The van der Waals surface area contributed by atoms with Gasteiger partial charge in [0.1, 0.15) is 6.33 Å². The van der Waals surface area contributed by atoms with Gasteiger partial charge < -0.3 is 14.8 Å². The molecule has 1 aromatic heterocycles. The number of benzene rings is 1. The summed E-state index contributed by atoms with van der Waals surface area (Å²) in [6.45, 7) is 5.00. The van der Waals surface area contributed by atoms with Crippen LogP contribution in [0.4, 0.5) is 5.69 Å². The van der Waals surface area contributed by atoms with Crippen molar-refractivity contribution in [2.45, 2.75) is 32.5 Å². The van der Waals surface area contributed by atoms with Gasteiger partial charge in [-0.05, 0) is 31.2 Å². The van der Waals surface area contributed by atoms with Crippen molar-refractivity contribution in [3.05, 3.63) is 42.0 Å². The van der Waals surface area contributed by atoms with E-state index in [0.29, 0.717) is 6.04 Å². The number of rotatable bonds is 4. The number of aromatic nitrogens is 3. The fourth-order valence-corrected chi connectivity index (χ4v) is 2.81. The van der Waals surface area contributed by atoms with Crippen molar-refractivity contribution in [1.29, 1.82) is 0 Å². The SMILES string of the molecule is CCC(NC)c1ccc(N2CCn3cnnc3C2)cc1. The van der Waals surface area contributed by atoms with Crippen molar-refractivity contribution in [1.82, 2.24) is 20.1 Å². The molecule has 2 aromatic rings. The highest BCUT2D eigenvalue weighted by atomic mass is 15.3. The van der Waals surface area contributed by atoms with E-state index in [1.165, 1.54) is 11.3 Å². The van der Waals surface area contributed by atoms with Gasteiger partial charge in [0, 0.05) is 24.8 Å². The molecular formula is C15H21N5. The fraction of sp³-hybridized carbons (Fsp3) is 0.467. The van der Waals surface area contributed by atoms with E-state index in [1.807, 2.05) is 13.4 Å². The van der Waals surface area contributed by atoms with Crippen molar-refractivity contribution >= 4 is 5.69 Å². The molecule has 1 aliphatic rings. The van der Waals surface area contributed by atoms with E-state index >= 15 is 0 Å². The van der Waals surface area contributed by atoms with E-state index < -0.39 is 0 Å². The first-order chi connectivity index (χ1) is 9.81. The predicted octanol–water partition coefficient (Wildman–Crippen LogP) is 1.97. The molecule has 3 rings (SSSR count). The van der Waals surface area contributed by atoms with Gasteiger partial charge >= 0.3 is 0 Å². The van der Waals surface area contributed by atoms with Crippen LogP contribution in [0.5, 0.6) is 0 Å². The number of nitrogens with one attached hydrogen (secondary N) is 1. The Labute approximate surface area is 119 Å². The van der Waals surface area contributed by atoms with E-state index in [4.69, 9.17) is 0 Å². The second kappa shape index (κ2) is 5.63. The Morgan fingerprint density at radius 2 is 2.05 bits per heavy atom. The first-order valence-electron chi connectivity index (χ1n) is 7.20. The molecule has 0 amide bonds. The van der Waals surface area contributed by atoms with Gasteiger partial charge in [-0.1, -0.05) is 19.1 Å². The molecule has 106 valence electrons. The maximum absolute atomic E-state index is 4.17. The molecule has 2 heterocycles. The number of fused-ring (bicyclic) bond motifs is 1. The van der Waals surface area contributed by atoms with Crippen LogP contribution in [-0.2, 0) is 13.1 Å². The molecule has 1 N–H and O–H groups in total. The average Bonchev–Trinajstić information content (AvgIpc) is 2.96. The van der Waals surface area contributed by atoms with Crippen LogP contribution in [0.2, 0.25) is 0 Å². The number of nitrogens with zero attached hydrogens (tertiary/aromatic N) is 4. The zero-order valence-corrected chi connectivity index (χ0v) is 12.1. The number of hydrogen-bond donors (Lipinski definition) is 1. The molecule has 5 heteroatoms. The summed E-state index contributed by atoms with van der Waals surface area (Å²) >= 11 is 0. The summed E-state index contributed by atoms with van der Waals surface area (Å²) in [5.41, 5.74) is 2.60. The normalized spacial score (nSPS) is 16.0. The lowest BCUT2D eigenvalue weighted by atomic mass is 10.0. The summed E-state index contributed by atoms with van der Waals surface area (Å²) < 4.78 is 2.12. The van der Waals surface area contributed by atoms with Gasteiger partial charge in [0.25, 0.3) is 0 Å². The van der Waals surface area contributed by atoms with Crippen LogP contribution in [0.3, 0.4) is 0 Å². The van der Waals surface area contributed by atoms with E-state index in [9.17, 15) is 0 Å². The van der Waals surface area contributed by atoms with Crippen LogP contribution >= 0.6 is 0 Å². The quantitative estimate of drug-likeness (QED) is 0.923. The van der Waals surface area contributed by atoms with Crippen LogP contribution in [0.15, 0.2) is 30.6 Å². The first-order valence-corrected chi connectivity index (χ1v) is 7.20. The molecule has 0 spiro atoms. The summed E-state index contributed by atoms with van der Waals surface area (Å²) in [6, 6.07) is 9.30. The third kappa shape index (κ3) is 2.41. The molecule has 0 saturated carbocycles. The largest absolute Gasteiger partial charge is 0.362 e. The summed E-state index contributed by atoms with van der Waals surface area (Å²) in [5.74, 6) is 1.04. The lowest BCUT2D eigenvalue weighted by Gasteiger charge is -2.29. The lowest BCUT2D eigenvalue weighted by molar-refractivity contribution is 0.559. The van der Waals surface area contributed by atoms with E-state index in [1.54, 1.807) is 0 Å². The van der Waals surface area contributed by atoms with E-state index in [2.05, 4.69) is 56.2 Å². The maximum Gasteiger partial charge on any atom is 0.152 e. The highest BCUT2D eigenvalue weighted by molar-refractivity contribution is 5.48. The lowest BCUT2D eigenvalue weighted by Crippen LogP contribution is -2.33. The van der Waals surface area contributed by atoms with Gasteiger partial charge in [-0.2, -0.15) is 0 Å². The summed E-state index contributed by atoms with van der Waals surface area (Å²) in [7, 11) is 2.01. The maximum atomic E-state index is 4.17. The van der Waals surface area contributed by atoms with Crippen LogP contribution in [-0.4, -0.2) is 28.4 Å². The average molecular weight is 271 g/mol. The van der Waals surface area contributed by atoms with Gasteiger partial charge in [0.05, 0.1) is 6.54 Å². The van der Waals surface area contributed by atoms with Gasteiger partial charge in [0.2, 0.25) is 0 Å². The van der Waals surface area contributed by atoms with E-state index in [-0.39, 0.29) is 0 Å². The Bertz CT molecular complexity index is 556. The minimum absolute atomic E-state index is 0.438. The Hall–Kier alpha value is -1.88. The summed E-state index contributed by atoms with van der Waals surface area (Å²) in [5, 5.41) is 11.5.